The Morgan fingerprint density at radius 1 is 1.33 bits per heavy atom. The van der Waals surface area contributed by atoms with E-state index in [-0.39, 0.29) is 34.4 Å². The lowest BCUT2D eigenvalue weighted by Gasteiger charge is -2.12. The number of nitrogens with one attached hydrogen (secondary N) is 2. The van der Waals surface area contributed by atoms with Crippen molar-refractivity contribution in [1.82, 2.24) is 20.6 Å². The van der Waals surface area contributed by atoms with Crippen LogP contribution in [0, 0.1) is 17.1 Å². The number of pyridine rings is 1. The first-order valence-electron chi connectivity index (χ1n) is 9.88. The number of hydrogen-bond donors (Lipinski definition) is 2. The molecule has 9 nitrogen and oxygen atoms in total. The number of thiazole rings is 1. The van der Waals surface area contributed by atoms with Gasteiger partial charge in [0.25, 0.3) is 0 Å². The Balaban J connectivity index is 1.63. The van der Waals surface area contributed by atoms with Crippen molar-refractivity contribution in [3.05, 3.63) is 47.0 Å². The zero-order chi connectivity index (χ0) is 23.8. The van der Waals surface area contributed by atoms with E-state index in [1.807, 2.05) is 6.07 Å². The molecule has 4 rings (SSSR count). The molecule has 1 aliphatic rings. The standard InChI is InChI=1S/C21H18FN5O4S2/c1-33(30,31)19(20(29)25-10-18(28)26-12-4-5-12)21-27-16-7-15(22)14(6-17(16)32-21)11-2-3-13(8-23)24-9-11/h2-3,6-7,9,12,19H,4-5,10H2,1H3,(H,25,29)(H,26,28). The Morgan fingerprint density at radius 3 is 2.70 bits per heavy atom. The van der Waals surface area contributed by atoms with Gasteiger partial charge in [-0.1, -0.05) is 0 Å². The number of carbonyl (C=O) groups excluding carboxylic acids is 2. The van der Waals surface area contributed by atoms with Gasteiger partial charge in [-0.05, 0) is 31.0 Å². The summed E-state index contributed by atoms with van der Waals surface area (Å²) in [5.41, 5.74) is 1.02. The van der Waals surface area contributed by atoms with Crippen LogP contribution < -0.4 is 10.6 Å². The molecule has 33 heavy (non-hydrogen) atoms. The second-order valence-electron chi connectivity index (χ2n) is 7.66. The average Bonchev–Trinajstić information content (AvgIpc) is 3.48. The minimum atomic E-state index is -3.93. The monoisotopic (exact) mass is 487 g/mol. The van der Waals surface area contributed by atoms with Crippen molar-refractivity contribution in [2.75, 3.05) is 12.8 Å². The maximum Gasteiger partial charge on any atom is 0.245 e. The van der Waals surface area contributed by atoms with Crippen LogP contribution in [0.1, 0.15) is 28.8 Å². The number of hydrogen-bond acceptors (Lipinski definition) is 8. The smallest absolute Gasteiger partial charge is 0.245 e. The predicted molar refractivity (Wildman–Crippen MR) is 119 cm³/mol. The van der Waals surface area contributed by atoms with E-state index in [1.165, 1.54) is 18.3 Å². The maximum absolute atomic E-state index is 14.7. The predicted octanol–water partition coefficient (Wildman–Crippen LogP) is 1.85. The van der Waals surface area contributed by atoms with Crippen molar-refractivity contribution < 1.29 is 22.4 Å². The highest BCUT2D eigenvalue weighted by molar-refractivity contribution is 7.91. The summed E-state index contributed by atoms with van der Waals surface area (Å²) in [6.07, 6.45) is 4.04. The fraction of sp³-hybridized carbons (Fsp3) is 0.286. The van der Waals surface area contributed by atoms with E-state index in [9.17, 15) is 22.4 Å². The molecule has 2 aromatic heterocycles. The molecular formula is C21H18FN5O4S2. The zero-order valence-electron chi connectivity index (χ0n) is 17.3. The molecule has 1 unspecified atom stereocenters. The van der Waals surface area contributed by atoms with Crippen LogP contribution in [0.15, 0.2) is 30.5 Å². The highest BCUT2D eigenvalue weighted by atomic mass is 32.2. The van der Waals surface area contributed by atoms with E-state index in [0.717, 1.165) is 36.5 Å². The molecule has 2 N–H and O–H groups in total. The molecule has 3 aromatic rings. The van der Waals surface area contributed by atoms with Crippen LogP contribution in [0.2, 0.25) is 0 Å². The van der Waals surface area contributed by atoms with E-state index in [4.69, 9.17) is 5.26 Å². The molecule has 0 aliphatic heterocycles. The van der Waals surface area contributed by atoms with Gasteiger partial charge in [0.1, 0.15) is 22.6 Å². The largest absolute Gasteiger partial charge is 0.352 e. The van der Waals surface area contributed by atoms with Gasteiger partial charge in [-0.2, -0.15) is 5.26 Å². The zero-order valence-corrected chi connectivity index (χ0v) is 19.0. The van der Waals surface area contributed by atoms with Crippen LogP contribution >= 0.6 is 11.3 Å². The van der Waals surface area contributed by atoms with Crippen molar-refractivity contribution >= 4 is 43.2 Å². The van der Waals surface area contributed by atoms with Crippen molar-refractivity contribution in [2.45, 2.75) is 24.1 Å². The van der Waals surface area contributed by atoms with E-state index in [0.29, 0.717) is 10.3 Å². The van der Waals surface area contributed by atoms with Gasteiger partial charge in [0.15, 0.2) is 15.1 Å². The number of carbonyl (C=O) groups is 2. The van der Waals surface area contributed by atoms with Crippen molar-refractivity contribution in [2.24, 2.45) is 0 Å². The number of sulfone groups is 1. The first-order valence-corrected chi connectivity index (χ1v) is 12.7. The summed E-state index contributed by atoms with van der Waals surface area (Å²) in [7, 11) is -3.93. The summed E-state index contributed by atoms with van der Waals surface area (Å²) < 4.78 is 40.0. The Labute approximate surface area is 192 Å². The number of nitriles is 1. The molecule has 1 atom stereocenters. The van der Waals surface area contributed by atoms with Crippen LogP contribution in [0.4, 0.5) is 4.39 Å². The van der Waals surface area contributed by atoms with Crippen LogP contribution in [-0.2, 0) is 19.4 Å². The van der Waals surface area contributed by atoms with Gasteiger partial charge in [0, 0.05) is 35.7 Å². The van der Waals surface area contributed by atoms with Crippen molar-refractivity contribution in [3.8, 4) is 17.2 Å². The summed E-state index contributed by atoms with van der Waals surface area (Å²) in [5.74, 6) is -1.88. The lowest BCUT2D eigenvalue weighted by atomic mass is 10.1. The van der Waals surface area contributed by atoms with Gasteiger partial charge in [-0.3, -0.25) is 9.59 Å². The van der Waals surface area contributed by atoms with E-state index < -0.39 is 32.7 Å². The summed E-state index contributed by atoms with van der Waals surface area (Å²) in [4.78, 5) is 32.6. The molecule has 2 amide bonds. The Morgan fingerprint density at radius 2 is 2.09 bits per heavy atom. The maximum atomic E-state index is 14.7. The molecule has 0 radical (unpaired) electrons. The molecule has 0 saturated heterocycles. The Bertz CT molecular complexity index is 1390. The fourth-order valence-electron chi connectivity index (χ4n) is 3.18. The minimum Gasteiger partial charge on any atom is -0.352 e. The first kappa shape index (κ1) is 22.8. The molecule has 2 heterocycles. The molecule has 0 bridgehead atoms. The Hall–Kier alpha value is -3.43. The molecule has 12 heteroatoms. The molecule has 0 spiro atoms. The minimum absolute atomic E-state index is 0.0258. The number of nitrogens with zero attached hydrogens (tertiary/aromatic N) is 3. The topological polar surface area (TPSA) is 142 Å². The molecule has 1 aromatic carbocycles. The van der Waals surface area contributed by atoms with Crippen molar-refractivity contribution in [3.63, 3.8) is 0 Å². The number of halogens is 1. The number of aromatic nitrogens is 2. The average molecular weight is 488 g/mol. The van der Waals surface area contributed by atoms with Crippen LogP contribution in [0.5, 0.6) is 0 Å². The van der Waals surface area contributed by atoms with Crippen LogP contribution in [0.25, 0.3) is 21.3 Å². The normalized spacial score (nSPS) is 14.5. The SMILES string of the molecule is CS(=O)(=O)C(C(=O)NCC(=O)NC1CC1)c1nc2cc(F)c(-c3ccc(C#N)nc3)cc2s1. The second-order valence-corrected chi connectivity index (χ2v) is 10.9. The van der Waals surface area contributed by atoms with Crippen LogP contribution in [-0.4, -0.2) is 49.0 Å². The van der Waals surface area contributed by atoms with Gasteiger partial charge >= 0.3 is 0 Å². The highest BCUT2D eigenvalue weighted by Gasteiger charge is 2.34. The van der Waals surface area contributed by atoms with Gasteiger partial charge in [-0.15, -0.1) is 11.3 Å². The number of rotatable bonds is 7. The fourth-order valence-corrected chi connectivity index (χ4v) is 5.70. The summed E-state index contributed by atoms with van der Waals surface area (Å²) in [5, 5.41) is 12.3. The third kappa shape index (κ3) is 5.15. The third-order valence-corrected chi connectivity index (χ3v) is 7.46. The quantitative estimate of drug-likeness (QED) is 0.518. The Kier molecular flexibility index (Phi) is 6.09. The van der Waals surface area contributed by atoms with Gasteiger partial charge in [0.05, 0.1) is 16.8 Å². The molecule has 170 valence electrons. The second kappa shape index (κ2) is 8.84. The van der Waals surface area contributed by atoms with Crippen molar-refractivity contribution in [1.29, 1.82) is 5.26 Å². The van der Waals surface area contributed by atoms with Gasteiger partial charge < -0.3 is 10.6 Å². The van der Waals surface area contributed by atoms with E-state index in [1.54, 1.807) is 6.07 Å². The summed E-state index contributed by atoms with van der Waals surface area (Å²) >= 11 is 0.950. The molecule has 1 fully saturated rings. The van der Waals surface area contributed by atoms with E-state index in [2.05, 4.69) is 20.6 Å². The number of benzene rings is 1. The number of amides is 2. The van der Waals surface area contributed by atoms with Crippen LogP contribution in [0.3, 0.4) is 0 Å². The first-order chi connectivity index (χ1) is 15.7. The van der Waals surface area contributed by atoms with Gasteiger partial charge in [-0.25, -0.2) is 22.8 Å². The third-order valence-electron chi connectivity index (χ3n) is 4.94. The summed E-state index contributed by atoms with van der Waals surface area (Å²) in [6, 6.07) is 7.66. The lowest BCUT2D eigenvalue weighted by Crippen LogP contribution is -2.41. The lowest BCUT2D eigenvalue weighted by molar-refractivity contribution is -0.126. The van der Waals surface area contributed by atoms with Gasteiger partial charge in [0.2, 0.25) is 11.8 Å². The summed E-state index contributed by atoms with van der Waals surface area (Å²) in [6.45, 7) is -0.350. The molecule has 1 aliphatic carbocycles. The molecule has 1 saturated carbocycles. The molecular weight excluding hydrogens is 469 g/mol. The number of fused-ring (bicyclic) bond motifs is 1. The van der Waals surface area contributed by atoms with E-state index >= 15 is 0 Å². The highest BCUT2D eigenvalue weighted by Crippen LogP contribution is 2.34.